The minimum absolute atomic E-state index is 0.0129. The SMILES string of the molecule is [15NH2][13C]([15NH2])=[15N][13CH2][13CH2][13CH2][13C@H]([15NH2])[13C](=O)O. The highest BCUT2D eigenvalue weighted by Gasteiger charge is 2.09. The third-order valence-electron chi connectivity index (χ3n) is 1.28. The summed E-state index contributed by atoms with van der Waals surface area (Å²) >= 11 is 0. The molecule has 0 rings (SSSR count). The Kier molecular flexibility index (Phi) is 4.78. The molecule has 0 aromatic heterocycles. The predicted octanol–water partition coefficient (Wildman–Crippen LogP) is -1.55. The van der Waals surface area contributed by atoms with Gasteiger partial charge in [0.05, 0.1) is 0 Å². The van der Waals surface area contributed by atoms with Gasteiger partial charge in [0.25, 0.3) is 0 Å². The second-order valence-corrected chi connectivity index (χ2v) is 2.39. The molecule has 0 radical (unpaired) electrons. The lowest BCUT2D eigenvalue weighted by atomic mass is 11.1. The summed E-state index contributed by atoms with van der Waals surface area (Å²) in [5.41, 5.74) is 15.3. The van der Waals surface area contributed by atoms with Gasteiger partial charge in [-0.15, -0.1) is 0 Å². The molecule has 0 spiro atoms. The molecule has 0 bridgehead atoms. The van der Waals surface area contributed by atoms with Gasteiger partial charge in [0.1, 0.15) is 6.04 Å². The van der Waals surface area contributed by atoms with Crippen LogP contribution in [0.2, 0.25) is 0 Å². The molecular weight excluding hydrogens is 170 g/mol. The fourth-order valence-corrected chi connectivity index (χ4v) is 0.643. The first-order chi connectivity index (χ1) is 5.54. The Labute approximate surface area is 70.4 Å². The van der Waals surface area contributed by atoms with E-state index in [4.69, 9.17) is 22.3 Å². The Morgan fingerprint density at radius 1 is 1.50 bits per heavy atom. The van der Waals surface area contributed by atoms with Gasteiger partial charge in [0.15, 0.2) is 5.96 Å². The zero-order valence-corrected chi connectivity index (χ0v) is 6.73. The first-order valence-corrected chi connectivity index (χ1v) is 3.58. The van der Waals surface area contributed by atoms with Crippen LogP contribution in [0.5, 0.6) is 0 Å². The second-order valence-electron chi connectivity index (χ2n) is 2.39. The highest BCUT2D eigenvalue weighted by Crippen LogP contribution is 1.94. The molecule has 0 aromatic carbocycles. The van der Waals surface area contributed by atoms with Gasteiger partial charge in [-0.3, -0.25) is 9.79 Å². The van der Waals surface area contributed by atoms with E-state index in [0.29, 0.717) is 19.4 Å². The summed E-state index contributed by atoms with van der Waals surface area (Å²) < 4.78 is 0. The molecule has 0 amide bonds. The van der Waals surface area contributed by atoms with Crippen LogP contribution < -0.4 is 17.2 Å². The molecule has 0 unspecified atom stereocenters. The van der Waals surface area contributed by atoms with Crippen molar-refractivity contribution in [1.82, 2.24) is 0 Å². The number of carboxylic acid groups (broad SMARTS) is 1. The van der Waals surface area contributed by atoms with Gasteiger partial charge in [-0.2, -0.15) is 0 Å². The lowest BCUT2D eigenvalue weighted by Gasteiger charge is -2.03. The number of guanidine groups is 1. The summed E-state index contributed by atoms with van der Waals surface area (Å²) in [6, 6.07) is -0.820. The Hall–Kier alpha value is -1.30. The van der Waals surface area contributed by atoms with Crippen LogP contribution in [0.25, 0.3) is 0 Å². The zero-order chi connectivity index (χ0) is 9.56. The molecule has 6 nitrogen and oxygen atoms in total. The van der Waals surface area contributed by atoms with Crippen LogP contribution >= 0.6 is 0 Å². The van der Waals surface area contributed by atoms with Gasteiger partial charge >= 0.3 is 5.97 Å². The van der Waals surface area contributed by atoms with E-state index in [2.05, 4.69) is 4.99 Å². The maximum atomic E-state index is 10.2. The van der Waals surface area contributed by atoms with Crippen molar-refractivity contribution >= 4 is 11.9 Å². The number of nitrogens with zero attached hydrogens (tertiary/aromatic N) is 1. The van der Waals surface area contributed by atoms with Crippen molar-refractivity contribution in [2.24, 2.45) is 22.2 Å². The number of aliphatic carboxylic acids is 1. The molecule has 0 fully saturated rings. The van der Waals surface area contributed by atoms with Crippen LogP contribution in [0, 0.1) is 0 Å². The van der Waals surface area contributed by atoms with E-state index >= 15 is 0 Å². The van der Waals surface area contributed by atoms with E-state index in [1.807, 2.05) is 0 Å². The number of hydrogen-bond acceptors (Lipinski definition) is 3. The Bertz CT molecular complexity index is 176. The van der Waals surface area contributed by atoms with Gasteiger partial charge < -0.3 is 22.3 Å². The number of aliphatic imine (C=N–C) groups is 1. The summed E-state index contributed by atoms with van der Waals surface area (Å²) in [5, 5.41) is 8.38. The highest BCUT2D eigenvalue weighted by molar-refractivity contribution is 5.75. The monoisotopic (exact) mass is 184 g/mol. The molecule has 0 saturated heterocycles. The molecule has 70 valence electrons. The van der Waals surface area contributed by atoms with Crippen molar-refractivity contribution in [3.05, 3.63) is 0 Å². The first kappa shape index (κ1) is 10.7. The average molecular weight is 184 g/mol. The van der Waals surface area contributed by atoms with Gasteiger partial charge in [-0.1, -0.05) is 0 Å². The Balaban J connectivity index is 3.44. The highest BCUT2D eigenvalue weighted by atomic mass is 16.5. The maximum Gasteiger partial charge on any atom is 0.320 e. The van der Waals surface area contributed by atoms with Crippen LogP contribution in [0.1, 0.15) is 12.8 Å². The average Bonchev–Trinajstić information content (AvgIpc) is 1.97. The maximum absolute atomic E-state index is 10.2. The van der Waals surface area contributed by atoms with E-state index in [1.54, 1.807) is 0 Å². The minimum Gasteiger partial charge on any atom is -0.480 e. The molecule has 1 atom stereocenters. The lowest BCUT2D eigenvalue weighted by Crippen LogP contribution is -2.30. The van der Waals surface area contributed by atoms with E-state index in [0.717, 1.165) is 0 Å². The second kappa shape index (κ2) is 5.36. The molecule has 6 heteroatoms. The number of nitrogens with two attached hydrogens (primary N) is 3. The minimum atomic E-state index is -1.00. The van der Waals surface area contributed by atoms with Crippen LogP contribution in [-0.4, -0.2) is 29.6 Å². The lowest BCUT2D eigenvalue weighted by molar-refractivity contribution is -0.138. The van der Waals surface area contributed by atoms with Crippen molar-refractivity contribution in [2.75, 3.05) is 6.54 Å². The fourth-order valence-electron chi connectivity index (χ4n) is 0.643. The molecule has 0 heterocycles. The molecule has 12 heavy (non-hydrogen) atoms. The van der Waals surface area contributed by atoms with Gasteiger partial charge in [0.2, 0.25) is 0 Å². The van der Waals surface area contributed by atoms with Crippen molar-refractivity contribution < 1.29 is 9.90 Å². The standard InChI is InChI=1S/C6H14N4O2/c7-4(5(11)12)2-1-3-10-6(8)9/h4H,1-3,7H2,(H,11,12)(H4,8,9,10)/t4-/m0/s1/i1+1,2+1,3+1,4+1,5+1,6+1,7+1,8+1,9+1,10+1. The van der Waals surface area contributed by atoms with E-state index in [-0.39, 0.29) is 5.96 Å². The largest absolute Gasteiger partial charge is 0.480 e. The van der Waals surface area contributed by atoms with Crippen molar-refractivity contribution in [2.45, 2.75) is 18.9 Å². The zero-order valence-electron chi connectivity index (χ0n) is 6.73. The number of carboxylic acids is 1. The first-order valence-electron chi connectivity index (χ1n) is 3.58. The molecular formula is C6H14N4O2. The van der Waals surface area contributed by atoms with Crippen molar-refractivity contribution in [1.29, 1.82) is 0 Å². The van der Waals surface area contributed by atoms with Crippen LogP contribution in [0.4, 0.5) is 0 Å². The number of hydrogen-bond donors (Lipinski definition) is 4. The summed E-state index contributed by atoms with van der Waals surface area (Å²) in [4.78, 5) is 13.9. The smallest absolute Gasteiger partial charge is 0.320 e. The molecule has 0 aliphatic heterocycles. The van der Waals surface area contributed by atoms with Crippen molar-refractivity contribution in [3.8, 4) is 0 Å². The topological polar surface area (TPSA) is 128 Å². The Morgan fingerprint density at radius 3 is 2.50 bits per heavy atom. The fraction of sp³-hybridized carbons (Fsp3) is 0.667. The molecule has 7 N–H and O–H groups in total. The quantitative estimate of drug-likeness (QED) is 0.135. The molecule has 0 aliphatic carbocycles. The van der Waals surface area contributed by atoms with E-state index < -0.39 is 12.0 Å². The molecule has 0 aliphatic rings. The van der Waals surface area contributed by atoms with E-state index in [1.165, 1.54) is 0 Å². The summed E-state index contributed by atoms with van der Waals surface area (Å²) in [7, 11) is 0. The van der Waals surface area contributed by atoms with Gasteiger partial charge in [-0.25, -0.2) is 0 Å². The normalized spacial score (nSPS) is 12.1. The van der Waals surface area contributed by atoms with Crippen LogP contribution in [0.3, 0.4) is 0 Å². The third kappa shape index (κ3) is 5.48. The van der Waals surface area contributed by atoms with Crippen LogP contribution in [-0.2, 0) is 4.79 Å². The number of rotatable bonds is 5. The molecule has 0 aromatic rings. The number of carbonyl (C=O) groups is 1. The summed E-state index contributed by atoms with van der Waals surface area (Å²) in [5.74, 6) is -0.987. The van der Waals surface area contributed by atoms with Gasteiger partial charge in [0, 0.05) is 6.54 Å². The van der Waals surface area contributed by atoms with E-state index in [9.17, 15) is 4.79 Å². The van der Waals surface area contributed by atoms with Gasteiger partial charge in [-0.05, 0) is 12.8 Å². The summed E-state index contributed by atoms with van der Waals surface area (Å²) in [6.07, 6.45) is 0.956. The molecule has 0 saturated carbocycles. The predicted molar refractivity (Wildman–Crippen MR) is 45.5 cm³/mol. The Morgan fingerprint density at radius 2 is 2.08 bits per heavy atom. The van der Waals surface area contributed by atoms with Crippen molar-refractivity contribution in [3.63, 3.8) is 0 Å². The third-order valence-corrected chi connectivity index (χ3v) is 1.28. The van der Waals surface area contributed by atoms with Crippen LogP contribution in [0.15, 0.2) is 4.99 Å². The summed E-state index contributed by atoms with van der Waals surface area (Å²) in [6.45, 7) is 0.420.